The number of aliphatic carboxylic acids is 1. The van der Waals surface area contributed by atoms with E-state index in [1.807, 2.05) is 12.1 Å². The minimum Gasteiger partial charge on any atom is -0.481 e. The summed E-state index contributed by atoms with van der Waals surface area (Å²) in [6.45, 7) is 0.575. The molecule has 2 fully saturated rings. The van der Waals surface area contributed by atoms with Gasteiger partial charge in [-0.15, -0.1) is 0 Å². The average molecular weight is 310 g/mol. The Bertz CT molecular complexity index is 559. The van der Waals surface area contributed by atoms with E-state index in [-0.39, 0.29) is 18.1 Å². The normalized spacial score (nSPS) is 30.9. The van der Waals surface area contributed by atoms with Crippen LogP contribution in [0.2, 0.25) is 5.02 Å². The molecule has 6 heteroatoms. The van der Waals surface area contributed by atoms with Gasteiger partial charge in [-0.2, -0.15) is 0 Å². The third kappa shape index (κ3) is 3.04. The van der Waals surface area contributed by atoms with E-state index in [1.165, 1.54) is 0 Å². The summed E-state index contributed by atoms with van der Waals surface area (Å²) >= 11 is 5.87. The highest BCUT2D eigenvalue weighted by Crippen LogP contribution is 2.39. The van der Waals surface area contributed by atoms with E-state index in [0.717, 1.165) is 12.0 Å². The molecule has 3 rings (SSSR count). The summed E-state index contributed by atoms with van der Waals surface area (Å²) in [6.07, 6.45) is 0.956. The molecule has 2 N–H and O–H groups in total. The molecule has 1 aliphatic carbocycles. The van der Waals surface area contributed by atoms with Crippen molar-refractivity contribution in [3.05, 3.63) is 34.9 Å². The number of nitrogens with one attached hydrogen (secondary N) is 1. The number of amides is 1. The van der Waals surface area contributed by atoms with Gasteiger partial charge in [0.25, 0.3) is 0 Å². The van der Waals surface area contributed by atoms with Gasteiger partial charge in [-0.05, 0) is 30.5 Å². The van der Waals surface area contributed by atoms with Crippen LogP contribution in [0.5, 0.6) is 0 Å². The van der Waals surface area contributed by atoms with E-state index in [1.54, 1.807) is 12.1 Å². The number of carboxylic acid groups (broad SMARTS) is 1. The molecule has 0 spiro atoms. The number of halogens is 1. The summed E-state index contributed by atoms with van der Waals surface area (Å²) in [7, 11) is 0. The van der Waals surface area contributed by atoms with Gasteiger partial charge in [0.05, 0.1) is 17.9 Å². The van der Waals surface area contributed by atoms with Gasteiger partial charge in [-0.25, -0.2) is 0 Å². The Hall–Kier alpha value is -1.59. The van der Waals surface area contributed by atoms with Crippen molar-refractivity contribution in [2.24, 2.45) is 11.8 Å². The van der Waals surface area contributed by atoms with Crippen LogP contribution in [-0.4, -0.2) is 29.6 Å². The van der Waals surface area contributed by atoms with E-state index in [2.05, 4.69) is 5.32 Å². The Balaban J connectivity index is 1.63. The van der Waals surface area contributed by atoms with Crippen LogP contribution in [-0.2, 0) is 14.3 Å². The van der Waals surface area contributed by atoms with E-state index in [4.69, 9.17) is 21.4 Å². The van der Waals surface area contributed by atoms with Crippen molar-refractivity contribution in [2.75, 3.05) is 6.61 Å². The lowest BCUT2D eigenvalue weighted by molar-refractivity contribution is -0.140. The van der Waals surface area contributed by atoms with Gasteiger partial charge in [0, 0.05) is 11.6 Å². The first-order valence-electron chi connectivity index (χ1n) is 6.96. The van der Waals surface area contributed by atoms with Gasteiger partial charge < -0.3 is 15.2 Å². The van der Waals surface area contributed by atoms with Gasteiger partial charge in [-0.3, -0.25) is 9.59 Å². The molecule has 1 aromatic carbocycles. The first kappa shape index (κ1) is 14.4. The maximum absolute atomic E-state index is 12.1. The molecule has 2 aliphatic rings. The highest BCUT2D eigenvalue weighted by Gasteiger charge is 2.49. The maximum Gasteiger partial charge on any atom is 0.307 e. The Kier molecular flexibility index (Phi) is 3.87. The minimum atomic E-state index is -0.896. The van der Waals surface area contributed by atoms with Crippen LogP contribution in [0.15, 0.2) is 24.3 Å². The highest BCUT2D eigenvalue weighted by molar-refractivity contribution is 6.30. The molecule has 1 aromatic rings. The predicted octanol–water partition coefficient (Wildman–Crippen LogP) is 2.01. The number of hydrogen-bond acceptors (Lipinski definition) is 3. The number of carboxylic acids is 1. The lowest BCUT2D eigenvalue weighted by Crippen LogP contribution is -2.38. The summed E-state index contributed by atoms with van der Waals surface area (Å²) in [5.41, 5.74) is 0.966. The second kappa shape index (κ2) is 5.66. The number of hydrogen-bond donors (Lipinski definition) is 2. The van der Waals surface area contributed by atoms with Crippen LogP contribution in [0.1, 0.15) is 24.5 Å². The lowest BCUT2D eigenvalue weighted by atomic mass is 10.0. The van der Waals surface area contributed by atoms with E-state index >= 15 is 0 Å². The minimum absolute atomic E-state index is 0.117. The second-order valence-electron chi connectivity index (χ2n) is 5.53. The monoisotopic (exact) mass is 309 g/mol. The summed E-state index contributed by atoms with van der Waals surface area (Å²) in [6, 6.07) is 7.23. The van der Waals surface area contributed by atoms with Crippen molar-refractivity contribution in [3.63, 3.8) is 0 Å². The van der Waals surface area contributed by atoms with Crippen molar-refractivity contribution in [2.45, 2.75) is 25.0 Å². The Morgan fingerprint density at radius 2 is 1.95 bits per heavy atom. The zero-order valence-corrected chi connectivity index (χ0v) is 12.0. The number of carbonyl (C=O) groups is 2. The fourth-order valence-corrected chi connectivity index (χ4v) is 2.89. The van der Waals surface area contributed by atoms with Crippen LogP contribution >= 0.6 is 11.6 Å². The molecular formula is C15H16ClNO4. The predicted molar refractivity (Wildman–Crippen MR) is 75.9 cm³/mol. The standard InChI is InChI=1S/C15H16ClNO4/c16-9-3-1-8(2-4-9)13-12(5-6-21-13)17-14(18)10-7-11(10)15(19)20/h1-4,10-13H,5-7H2,(H,17,18)(H,19,20). The van der Waals surface area contributed by atoms with Gasteiger partial charge in [0.2, 0.25) is 5.91 Å². The molecule has 0 aromatic heterocycles. The van der Waals surface area contributed by atoms with Crippen molar-refractivity contribution in [3.8, 4) is 0 Å². The molecule has 4 unspecified atom stereocenters. The van der Waals surface area contributed by atoms with E-state index in [9.17, 15) is 9.59 Å². The first-order chi connectivity index (χ1) is 10.1. The van der Waals surface area contributed by atoms with Crippen molar-refractivity contribution in [1.29, 1.82) is 0 Å². The summed E-state index contributed by atoms with van der Waals surface area (Å²) in [5.74, 6) is -2.00. The fraction of sp³-hybridized carbons (Fsp3) is 0.467. The number of ether oxygens (including phenoxy) is 1. The Morgan fingerprint density at radius 3 is 2.57 bits per heavy atom. The van der Waals surface area contributed by atoms with Crippen molar-refractivity contribution >= 4 is 23.5 Å². The molecule has 1 saturated heterocycles. The quantitative estimate of drug-likeness (QED) is 0.892. The Labute approximate surface area is 127 Å². The number of benzene rings is 1. The highest BCUT2D eigenvalue weighted by atomic mass is 35.5. The average Bonchev–Trinajstić information content (AvgIpc) is 3.15. The van der Waals surface area contributed by atoms with Crippen molar-refractivity contribution in [1.82, 2.24) is 5.32 Å². The third-order valence-corrected chi connectivity index (χ3v) is 4.31. The summed E-state index contributed by atoms with van der Waals surface area (Å²) in [5, 5.41) is 12.5. The van der Waals surface area contributed by atoms with Gasteiger partial charge >= 0.3 is 5.97 Å². The fourth-order valence-electron chi connectivity index (χ4n) is 2.77. The topological polar surface area (TPSA) is 75.6 Å². The second-order valence-corrected chi connectivity index (χ2v) is 5.97. The third-order valence-electron chi connectivity index (χ3n) is 4.06. The number of carbonyl (C=O) groups excluding carboxylic acids is 1. The zero-order valence-electron chi connectivity index (χ0n) is 11.3. The maximum atomic E-state index is 12.1. The Morgan fingerprint density at radius 1 is 1.24 bits per heavy atom. The molecule has 1 saturated carbocycles. The van der Waals surface area contributed by atoms with Gasteiger partial charge in [0.1, 0.15) is 6.10 Å². The molecule has 4 atom stereocenters. The summed E-state index contributed by atoms with van der Waals surface area (Å²) < 4.78 is 5.69. The van der Waals surface area contributed by atoms with Gasteiger partial charge in [0.15, 0.2) is 0 Å². The van der Waals surface area contributed by atoms with Crippen LogP contribution in [0, 0.1) is 11.8 Å². The molecule has 0 radical (unpaired) electrons. The zero-order chi connectivity index (χ0) is 15.0. The van der Waals surface area contributed by atoms with Crippen LogP contribution < -0.4 is 5.32 Å². The molecule has 0 bridgehead atoms. The largest absolute Gasteiger partial charge is 0.481 e. The smallest absolute Gasteiger partial charge is 0.307 e. The van der Waals surface area contributed by atoms with Crippen LogP contribution in [0.3, 0.4) is 0 Å². The summed E-state index contributed by atoms with van der Waals surface area (Å²) in [4.78, 5) is 22.9. The van der Waals surface area contributed by atoms with E-state index < -0.39 is 17.8 Å². The van der Waals surface area contributed by atoms with Crippen molar-refractivity contribution < 1.29 is 19.4 Å². The van der Waals surface area contributed by atoms with E-state index in [0.29, 0.717) is 18.1 Å². The molecule has 1 heterocycles. The molecular weight excluding hydrogens is 294 g/mol. The first-order valence-corrected chi connectivity index (χ1v) is 7.34. The molecule has 21 heavy (non-hydrogen) atoms. The molecule has 112 valence electrons. The SMILES string of the molecule is O=C(O)C1CC1C(=O)NC1CCOC1c1ccc(Cl)cc1. The lowest BCUT2D eigenvalue weighted by Gasteiger charge is -2.20. The van der Waals surface area contributed by atoms with Gasteiger partial charge in [-0.1, -0.05) is 23.7 Å². The number of rotatable bonds is 4. The molecule has 5 nitrogen and oxygen atoms in total. The van der Waals surface area contributed by atoms with Crippen LogP contribution in [0.4, 0.5) is 0 Å². The molecule has 1 aliphatic heterocycles. The van der Waals surface area contributed by atoms with Crippen LogP contribution in [0.25, 0.3) is 0 Å². The molecule has 1 amide bonds.